The Bertz CT molecular complexity index is 371. The number of rotatable bonds is 3. The Balaban J connectivity index is 2.11. The fourth-order valence-corrected chi connectivity index (χ4v) is 3.52. The van der Waals surface area contributed by atoms with Crippen LogP contribution in [0, 0.1) is 5.92 Å². The Morgan fingerprint density at radius 3 is 2.75 bits per heavy atom. The fraction of sp³-hybridized carbons (Fsp3) is 0.417. The molecule has 0 unspecified atom stereocenters. The average molecular weight is 256 g/mol. The molecule has 86 valence electrons. The lowest BCUT2D eigenvalue weighted by Gasteiger charge is -2.13. The highest BCUT2D eigenvalue weighted by Gasteiger charge is 2.38. The van der Waals surface area contributed by atoms with Crippen LogP contribution in [0.15, 0.2) is 35.2 Å². The molecule has 0 saturated carbocycles. The van der Waals surface area contributed by atoms with Gasteiger partial charge >= 0.3 is 0 Å². The minimum absolute atomic E-state index is 0.0232. The number of carbonyl (C=O) groups excluding carboxylic acids is 1. The highest BCUT2D eigenvalue weighted by Crippen LogP contribution is 2.34. The Labute approximate surface area is 105 Å². The van der Waals surface area contributed by atoms with Crippen LogP contribution < -0.4 is 0 Å². The number of hydrogen-bond donors (Lipinski definition) is 0. The molecule has 0 aromatic heterocycles. The molecule has 2 atom stereocenters. The summed E-state index contributed by atoms with van der Waals surface area (Å²) in [4.78, 5) is 14.8. The lowest BCUT2D eigenvalue weighted by atomic mass is 10.1. The lowest BCUT2D eigenvalue weighted by Crippen LogP contribution is -2.24. The van der Waals surface area contributed by atoms with E-state index in [0.717, 1.165) is 11.4 Å². The predicted octanol–water partition coefficient (Wildman–Crippen LogP) is 2.47. The van der Waals surface area contributed by atoms with Crippen LogP contribution in [0.5, 0.6) is 0 Å². The minimum Gasteiger partial charge on any atom is -0.344 e. The third kappa shape index (κ3) is 2.36. The van der Waals surface area contributed by atoms with Gasteiger partial charge in [-0.1, -0.05) is 18.2 Å². The number of thioether (sulfide) groups is 1. The number of hydrogen-bond acceptors (Lipinski definition) is 2. The van der Waals surface area contributed by atoms with Crippen LogP contribution in [0.3, 0.4) is 0 Å². The van der Waals surface area contributed by atoms with Crippen LogP contribution in [-0.4, -0.2) is 35.5 Å². The maximum atomic E-state index is 11.9. The third-order valence-electron chi connectivity index (χ3n) is 2.76. The van der Waals surface area contributed by atoms with Crippen LogP contribution in [0.2, 0.25) is 0 Å². The SMILES string of the molecule is CN1C[C@H](CCl)[C@H](Sc2ccccc2)C1=O. The van der Waals surface area contributed by atoms with Crippen molar-refractivity contribution in [3.63, 3.8) is 0 Å². The van der Waals surface area contributed by atoms with E-state index in [9.17, 15) is 4.79 Å². The molecule has 0 bridgehead atoms. The number of likely N-dealkylation sites (tertiary alicyclic amines) is 1. The zero-order valence-corrected chi connectivity index (χ0v) is 10.7. The highest BCUT2D eigenvalue weighted by molar-refractivity contribution is 8.00. The van der Waals surface area contributed by atoms with Crippen molar-refractivity contribution in [2.75, 3.05) is 19.5 Å². The predicted molar refractivity (Wildman–Crippen MR) is 67.9 cm³/mol. The van der Waals surface area contributed by atoms with Crippen molar-refractivity contribution in [1.29, 1.82) is 0 Å². The van der Waals surface area contributed by atoms with Crippen molar-refractivity contribution in [3.05, 3.63) is 30.3 Å². The van der Waals surface area contributed by atoms with Crippen molar-refractivity contribution in [3.8, 4) is 0 Å². The summed E-state index contributed by atoms with van der Waals surface area (Å²) in [5.74, 6) is 0.990. The van der Waals surface area contributed by atoms with E-state index >= 15 is 0 Å². The summed E-state index contributed by atoms with van der Waals surface area (Å²) in [6.07, 6.45) is 0. The summed E-state index contributed by atoms with van der Waals surface area (Å²) in [6, 6.07) is 10.0. The smallest absolute Gasteiger partial charge is 0.236 e. The maximum Gasteiger partial charge on any atom is 0.236 e. The molecule has 4 heteroatoms. The third-order valence-corrected chi connectivity index (χ3v) is 4.54. The van der Waals surface area contributed by atoms with Gasteiger partial charge in [0.25, 0.3) is 0 Å². The molecular weight excluding hydrogens is 242 g/mol. The summed E-state index contributed by atoms with van der Waals surface area (Å²) >= 11 is 7.53. The molecule has 0 spiro atoms. The van der Waals surface area contributed by atoms with Crippen LogP contribution in [-0.2, 0) is 4.79 Å². The lowest BCUT2D eigenvalue weighted by molar-refractivity contribution is -0.126. The molecule has 1 aliphatic rings. The van der Waals surface area contributed by atoms with Gasteiger partial charge in [-0.3, -0.25) is 4.79 Å². The average Bonchev–Trinajstić information content (AvgIpc) is 2.58. The Morgan fingerprint density at radius 1 is 1.44 bits per heavy atom. The number of benzene rings is 1. The van der Waals surface area contributed by atoms with E-state index in [4.69, 9.17) is 11.6 Å². The van der Waals surface area contributed by atoms with Crippen molar-refractivity contribution < 1.29 is 4.79 Å². The molecule has 1 aromatic rings. The van der Waals surface area contributed by atoms with E-state index in [1.807, 2.05) is 37.4 Å². The fourth-order valence-electron chi connectivity index (χ4n) is 1.88. The quantitative estimate of drug-likeness (QED) is 0.774. The Kier molecular flexibility index (Phi) is 3.77. The van der Waals surface area contributed by atoms with Crippen molar-refractivity contribution in [2.45, 2.75) is 10.1 Å². The Morgan fingerprint density at radius 2 is 2.12 bits per heavy atom. The molecule has 1 aliphatic heterocycles. The topological polar surface area (TPSA) is 20.3 Å². The minimum atomic E-state index is -0.0232. The molecule has 0 aliphatic carbocycles. The molecule has 2 rings (SSSR count). The molecule has 2 nitrogen and oxygen atoms in total. The molecule has 1 saturated heterocycles. The largest absolute Gasteiger partial charge is 0.344 e. The summed E-state index contributed by atoms with van der Waals surface area (Å²) in [5.41, 5.74) is 0. The molecule has 1 heterocycles. The number of carbonyl (C=O) groups is 1. The maximum absolute atomic E-state index is 11.9. The van der Waals surface area contributed by atoms with Crippen molar-refractivity contribution >= 4 is 29.3 Å². The van der Waals surface area contributed by atoms with Gasteiger partial charge in [0.05, 0.1) is 5.25 Å². The van der Waals surface area contributed by atoms with Crippen LogP contribution in [0.1, 0.15) is 0 Å². The first-order chi connectivity index (χ1) is 7.72. The summed E-state index contributed by atoms with van der Waals surface area (Å²) in [7, 11) is 1.84. The molecule has 1 amide bonds. The first-order valence-corrected chi connectivity index (χ1v) is 6.66. The Hall–Kier alpha value is -0.670. The standard InChI is InChI=1S/C12H14ClNOS/c1-14-8-9(7-13)11(12(14)15)16-10-5-3-2-4-6-10/h2-6,9,11H,7-8H2,1H3/t9-,11-/m0/s1. The van der Waals surface area contributed by atoms with E-state index in [1.165, 1.54) is 0 Å². The van der Waals surface area contributed by atoms with Gasteiger partial charge in [-0.05, 0) is 12.1 Å². The van der Waals surface area contributed by atoms with Gasteiger partial charge in [0.15, 0.2) is 0 Å². The second kappa shape index (κ2) is 5.11. The first-order valence-electron chi connectivity index (χ1n) is 5.25. The van der Waals surface area contributed by atoms with Gasteiger partial charge in [0.1, 0.15) is 0 Å². The summed E-state index contributed by atoms with van der Waals surface area (Å²) in [5, 5.41) is -0.0232. The van der Waals surface area contributed by atoms with Crippen LogP contribution in [0.4, 0.5) is 0 Å². The normalized spacial score (nSPS) is 25.1. The molecule has 16 heavy (non-hydrogen) atoms. The number of alkyl halides is 1. The summed E-state index contributed by atoms with van der Waals surface area (Å²) < 4.78 is 0. The number of halogens is 1. The van der Waals surface area contributed by atoms with E-state index in [1.54, 1.807) is 16.7 Å². The van der Waals surface area contributed by atoms with Gasteiger partial charge in [-0.25, -0.2) is 0 Å². The van der Waals surface area contributed by atoms with Crippen LogP contribution >= 0.6 is 23.4 Å². The number of amides is 1. The monoisotopic (exact) mass is 255 g/mol. The van der Waals surface area contributed by atoms with Gasteiger partial charge < -0.3 is 4.90 Å². The zero-order valence-electron chi connectivity index (χ0n) is 9.10. The van der Waals surface area contributed by atoms with Crippen molar-refractivity contribution in [2.24, 2.45) is 5.92 Å². The van der Waals surface area contributed by atoms with E-state index in [-0.39, 0.29) is 17.1 Å². The van der Waals surface area contributed by atoms with Gasteiger partial charge in [0.2, 0.25) is 5.91 Å². The summed E-state index contributed by atoms with van der Waals surface area (Å²) in [6.45, 7) is 0.771. The molecular formula is C12H14ClNOS. The van der Waals surface area contributed by atoms with E-state index in [0.29, 0.717) is 5.88 Å². The van der Waals surface area contributed by atoms with E-state index in [2.05, 4.69) is 0 Å². The second-order valence-corrected chi connectivity index (χ2v) is 5.51. The molecule has 1 aromatic carbocycles. The van der Waals surface area contributed by atoms with Gasteiger partial charge in [-0.2, -0.15) is 0 Å². The number of nitrogens with zero attached hydrogens (tertiary/aromatic N) is 1. The van der Waals surface area contributed by atoms with Crippen LogP contribution in [0.25, 0.3) is 0 Å². The van der Waals surface area contributed by atoms with Crippen molar-refractivity contribution in [1.82, 2.24) is 4.90 Å². The first kappa shape index (κ1) is 11.8. The van der Waals surface area contributed by atoms with E-state index < -0.39 is 0 Å². The second-order valence-electron chi connectivity index (χ2n) is 3.98. The highest BCUT2D eigenvalue weighted by atomic mass is 35.5. The molecule has 0 N–H and O–H groups in total. The molecule has 0 radical (unpaired) electrons. The molecule has 1 fully saturated rings. The van der Waals surface area contributed by atoms with Gasteiger partial charge in [0, 0.05) is 30.3 Å². The van der Waals surface area contributed by atoms with Gasteiger partial charge in [-0.15, -0.1) is 23.4 Å². The zero-order chi connectivity index (χ0) is 11.5.